The van der Waals surface area contributed by atoms with Crippen LogP contribution in [0.2, 0.25) is 0 Å². The summed E-state index contributed by atoms with van der Waals surface area (Å²) in [5.74, 6) is -0.270. The van der Waals surface area contributed by atoms with E-state index in [9.17, 15) is 4.79 Å². The van der Waals surface area contributed by atoms with Gasteiger partial charge in [-0.15, -0.1) is 0 Å². The largest absolute Gasteiger partial charge is 0.390 e. The van der Waals surface area contributed by atoms with Gasteiger partial charge in [-0.2, -0.15) is 0 Å². The van der Waals surface area contributed by atoms with Gasteiger partial charge in [-0.3, -0.25) is 9.78 Å². The zero-order chi connectivity index (χ0) is 12.1. The number of amides is 1. The van der Waals surface area contributed by atoms with Gasteiger partial charge in [-0.05, 0) is 24.3 Å². The SMILES string of the molecule is O=C(Nc1ccccc1)c1cccnc1CO. The van der Waals surface area contributed by atoms with Gasteiger partial charge < -0.3 is 10.4 Å². The number of aromatic nitrogens is 1. The van der Waals surface area contributed by atoms with Gasteiger partial charge in [-0.1, -0.05) is 18.2 Å². The molecule has 0 unspecified atom stereocenters. The Hall–Kier alpha value is -2.20. The Kier molecular flexibility index (Phi) is 3.47. The summed E-state index contributed by atoms with van der Waals surface area (Å²) < 4.78 is 0. The van der Waals surface area contributed by atoms with Crippen LogP contribution in [0.5, 0.6) is 0 Å². The van der Waals surface area contributed by atoms with Crippen molar-refractivity contribution in [2.75, 3.05) is 5.32 Å². The van der Waals surface area contributed by atoms with Gasteiger partial charge in [0.15, 0.2) is 0 Å². The fourth-order valence-electron chi connectivity index (χ4n) is 1.49. The number of aliphatic hydroxyl groups is 1. The van der Waals surface area contributed by atoms with Crippen LogP contribution in [0.3, 0.4) is 0 Å². The van der Waals surface area contributed by atoms with E-state index < -0.39 is 0 Å². The van der Waals surface area contributed by atoms with Crippen molar-refractivity contribution in [3.63, 3.8) is 0 Å². The fraction of sp³-hybridized carbons (Fsp3) is 0.0769. The zero-order valence-corrected chi connectivity index (χ0v) is 9.13. The van der Waals surface area contributed by atoms with Crippen LogP contribution in [0.15, 0.2) is 48.7 Å². The van der Waals surface area contributed by atoms with Crippen LogP contribution in [-0.4, -0.2) is 16.0 Å². The number of para-hydroxylation sites is 1. The van der Waals surface area contributed by atoms with Crippen LogP contribution in [0.4, 0.5) is 5.69 Å². The number of aliphatic hydroxyl groups excluding tert-OH is 1. The first kappa shape index (κ1) is 11.3. The molecule has 2 aromatic rings. The number of carbonyl (C=O) groups is 1. The normalized spacial score (nSPS) is 9.94. The van der Waals surface area contributed by atoms with Gasteiger partial charge in [0.1, 0.15) is 0 Å². The minimum atomic E-state index is -0.270. The van der Waals surface area contributed by atoms with Crippen molar-refractivity contribution in [2.45, 2.75) is 6.61 Å². The number of hydrogen-bond donors (Lipinski definition) is 2. The van der Waals surface area contributed by atoms with E-state index in [4.69, 9.17) is 5.11 Å². The minimum absolute atomic E-state index is 0.252. The predicted octanol–water partition coefficient (Wildman–Crippen LogP) is 1.83. The quantitative estimate of drug-likeness (QED) is 0.842. The lowest BCUT2D eigenvalue weighted by molar-refractivity contribution is 0.102. The molecule has 0 atom stereocenters. The average Bonchev–Trinajstić information content (AvgIpc) is 2.40. The Morgan fingerprint density at radius 1 is 1.18 bits per heavy atom. The van der Waals surface area contributed by atoms with E-state index in [0.29, 0.717) is 16.9 Å². The van der Waals surface area contributed by atoms with Crippen LogP contribution < -0.4 is 5.32 Å². The highest BCUT2D eigenvalue weighted by atomic mass is 16.3. The second-order valence-corrected chi connectivity index (χ2v) is 3.48. The minimum Gasteiger partial charge on any atom is -0.390 e. The number of benzene rings is 1. The third kappa shape index (κ3) is 2.68. The molecule has 0 radical (unpaired) electrons. The van der Waals surface area contributed by atoms with E-state index >= 15 is 0 Å². The molecule has 2 rings (SSSR count). The number of nitrogens with zero attached hydrogens (tertiary/aromatic N) is 1. The maximum absolute atomic E-state index is 11.9. The lowest BCUT2D eigenvalue weighted by Crippen LogP contribution is -2.15. The van der Waals surface area contributed by atoms with Crippen LogP contribution in [-0.2, 0) is 6.61 Å². The first-order chi connectivity index (χ1) is 8.31. The summed E-state index contributed by atoms with van der Waals surface area (Å²) in [5, 5.41) is 11.8. The molecule has 1 heterocycles. The Morgan fingerprint density at radius 2 is 1.94 bits per heavy atom. The molecule has 1 aromatic carbocycles. The van der Waals surface area contributed by atoms with Gasteiger partial charge in [0.05, 0.1) is 17.9 Å². The lowest BCUT2D eigenvalue weighted by Gasteiger charge is -2.07. The lowest BCUT2D eigenvalue weighted by atomic mass is 10.2. The topological polar surface area (TPSA) is 62.2 Å². The van der Waals surface area contributed by atoms with E-state index in [0.717, 1.165) is 0 Å². The van der Waals surface area contributed by atoms with Gasteiger partial charge in [0, 0.05) is 11.9 Å². The number of anilines is 1. The van der Waals surface area contributed by atoms with Crippen LogP contribution in [0.25, 0.3) is 0 Å². The average molecular weight is 228 g/mol. The van der Waals surface area contributed by atoms with Gasteiger partial charge in [-0.25, -0.2) is 0 Å². The molecule has 0 aliphatic rings. The van der Waals surface area contributed by atoms with Crippen molar-refractivity contribution >= 4 is 11.6 Å². The van der Waals surface area contributed by atoms with Crippen LogP contribution in [0.1, 0.15) is 16.1 Å². The maximum Gasteiger partial charge on any atom is 0.257 e. The molecule has 2 N–H and O–H groups in total. The number of nitrogens with one attached hydrogen (secondary N) is 1. The summed E-state index contributed by atoms with van der Waals surface area (Å²) in [4.78, 5) is 15.9. The Labute approximate surface area is 98.9 Å². The Bertz CT molecular complexity index is 512. The third-order valence-electron chi connectivity index (χ3n) is 2.32. The van der Waals surface area contributed by atoms with Crippen molar-refractivity contribution in [1.29, 1.82) is 0 Å². The highest BCUT2D eigenvalue weighted by Crippen LogP contribution is 2.10. The molecular formula is C13H12N2O2. The zero-order valence-electron chi connectivity index (χ0n) is 9.13. The molecule has 4 nitrogen and oxygen atoms in total. The maximum atomic E-state index is 11.9. The summed E-state index contributed by atoms with van der Waals surface area (Å²) in [7, 11) is 0. The van der Waals surface area contributed by atoms with E-state index in [-0.39, 0.29) is 12.5 Å². The molecule has 86 valence electrons. The molecule has 0 aliphatic heterocycles. The smallest absolute Gasteiger partial charge is 0.257 e. The van der Waals surface area contributed by atoms with E-state index in [1.807, 2.05) is 18.2 Å². The van der Waals surface area contributed by atoms with Gasteiger partial charge in [0.2, 0.25) is 0 Å². The molecule has 0 aliphatic carbocycles. The fourth-order valence-corrected chi connectivity index (χ4v) is 1.49. The molecule has 0 bridgehead atoms. The molecule has 4 heteroatoms. The molecule has 1 amide bonds. The van der Waals surface area contributed by atoms with Crippen LogP contribution >= 0.6 is 0 Å². The van der Waals surface area contributed by atoms with Crippen LogP contribution in [0, 0.1) is 0 Å². The van der Waals surface area contributed by atoms with Gasteiger partial charge in [0.25, 0.3) is 5.91 Å². The van der Waals surface area contributed by atoms with Crippen molar-refractivity contribution in [3.05, 3.63) is 59.9 Å². The highest BCUT2D eigenvalue weighted by Gasteiger charge is 2.11. The number of hydrogen-bond acceptors (Lipinski definition) is 3. The summed E-state index contributed by atoms with van der Waals surface area (Å²) in [6.07, 6.45) is 1.55. The summed E-state index contributed by atoms with van der Waals surface area (Å²) in [6.45, 7) is -0.252. The number of carbonyl (C=O) groups excluding carboxylic acids is 1. The Morgan fingerprint density at radius 3 is 2.65 bits per heavy atom. The van der Waals surface area contributed by atoms with Crippen molar-refractivity contribution < 1.29 is 9.90 Å². The number of pyridine rings is 1. The first-order valence-corrected chi connectivity index (χ1v) is 5.22. The summed E-state index contributed by atoms with van der Waals surface area (Å²) >= 11 is 0. The molecule has 0 saturated carbocycles. The second kappa shape index (κ2) is 5.23. The molecule has 1 aromatic heterocycles. The van der Waals surface area contributed by atoms with Crippen molar-refractivity contribution in [1.82, 2.24) is 4.98 Å². The standard InChI is InChI=1S/C13H12N2O2/c16-9-12-11(7-4-8-14-12)13(17)15-10-5-2-1-3-6-10/h1-8,16H,9H2,(H,15,17). The van der Waals surface area contributed by atoms with E-state index in [2.05, 4.69) is 10.3 Å². The molecule has 17 heavy (non-hydrogen) atoms. The predicted molar refractivity (Wildman–Crippen MR) is 64.6 cm³/mol. The summed E-state index contributed by atoms with van der Waals surface area (Å²) in [6, 6.07) is 12.5. The van der Waals surface area contributed by atoms with Crippen molar-refractivity contribution in [3.8, 4) is 0 Å². The summed E-state index contributed by atoms with van der Waals surface area (Å²) in [5.41, 5.74) is 1.48. The molecule has 0 fully saturated rings. The number of rotatable bonds is 3. The highest BCUT2D eigenvalue weighted by molar-refractivity contribution is 6.04. The second-order valence-electron chi connectivity index (χ2n) is 3.48. The molecular weight excluding hydrogens is 216 g/mol. The van der Waals surface area contributed by atoms with E-state index in [1.165, 1.54) is 0 Å². The Balaban J connectivity index is 2.20. The molecule has 0 spiro atoms. The molecule has 0 saturated heterocycles. The first-order valence-electron chi connectivity index (χ1n) is 5.22. The third-order valence-corrected chi connectivity index (χ3v) is 2.32. The van der Waals surface area contributed by atoms with E-state index in [1.54, 1.807) is 30.5 Å². The van der Waals surface area contributed by atoms with Crippen molar-refractivity contribution in [2.24, 2.45) is 0 Å². The monoisotopic (exact) mass is 228 g/mol. The van der Waals surface area contributed by atoms with Gasteiger partial charge >= 0.3 is 0 Å².